The molecule has 3 unspecified atom stereocenters. The standard InChI is InChI=1S/C13H23N3OS2/c1-4-5-14-10(3)9(2)13-15-12(16-17-13)11-8-18-6-7-19-11/h9-11,14H,4-8H2,1-3H3. The predicted molar refractivity (Wildman–Crippen MR) is 83.0 cm³/mol. The van der Waals surface area contributed by atoms with Gasteiger partial charge in [0.05, 0.1) is 11.2 Å². The Morgan fingerprint density at radius 3 is 2.95 bits per heavy atom. The maximum atomic E-state index is 5.46. The van der Waals surface area contributed by atoms with Gasteiger partial charge in [0.1, 0.15) is 0 Å². The Morgan fingerprint density at radius 1 is 1.42 bits per heavy atom. The molecule has 1 aromatic rings. The Kier molecular flexibility index (Phi) is 6.04. The van der Waals surface area contributed by atoms with E-state index in [2.05, 4.69) is 36.2 Å². The van der Waals surface area contributed by atoms with E-state index in [4.69, 9.17) is 4.52 Å². The Morgan fingerprint density at radius 2 is 2.26 bits per heavy atom. The van der Waals surface area contributed by atoms with Gasteiger partial charge in [-0.2, -0.15) is 16.7 Å². The van der Waals surface area contributed by atoms with Crippen molar-refractivity contribution >= 4 is 23.5 Å². The molecule has 2 rings (SSSR count). The molecule has 0 aliphatic carbocycles. The van der Waals surface area contributed by atoms with Crippen LogP contribution in [0.2, 0.25) is 0 Å². The van der Waals surface area contributed by atoms with Gasteiger partial charge in [0, 0.05) is 23.3 Å². The molecule has 6 heteroatoms. The molecule has 0 spiro atoms. The molecule has 1 aromatic heterocycles. The van der Waals surface area contributed by atoms with Crippen LogP contribution in [-0.4, -0.2) is 40.0 Å². The van der Waals surface area contributed by atoms with Crippen LogP contribution >= 0.6 is 23.5 Å². The van der Waals surface area contributed by atoms with E-state index in [-0.39, 0.29) is 5.92 Å². The van der Waals surface area contributed by atoms with E-state index in [1.165, 1.54) is 11.5 Å². The predicted octanol–water partition coefficient (Wildman–Crippen LogP) is 3.08. The molecule has 1 saturated heterocycles. The Bertz CT molecular complexity index is 380. The van der Waals surface area contributed by atoms with Gasteiger partial charge in [-0.05, 0) is 19.9 Å². The van der Waals surface area contributed by atoms with Crippen molar-refractivity contribution in [3.8, 4) is 0 Å². The topological polar surface area (TPSA) is 51.0 Å². The second kappa shape index (κ2) is 7.55. The molecule has 1 fully saturated rings. The number of hydrogen-bond donors (Lipinski definition) is 1. The van der Waals surface area contributed by atoms with Crippen LogP contribution in [0.5, 0.6) is 0 Å². The van der Waals surface area contributed by atoms with Gasteiger partial charge in [-0.3, -0.25) is 0 Å². The number of thioether (sulfide) groups is 2. The average molecular weight is 301 g/mol. The molecule has 108 valence electrons. The van der Waals surface area contributed by atoms with Crippen molar-refractivity contribution in [2.24, 2.45) is 0 Å². The molecular formula is C13H23N3OS2. The zero-order valence-electron chi connectivity index (χ0n) is 11.9. The van der Waals surface area contributed by atoms with Gasteiger partial charge in [-0.25, -0.2) is 0 Å². The summed E-state index contributed by atoms with van der Waals surface area (Å²) < 4.78 is 5.46. The van der Waals surface area contributed by atoms with Crippen molar-refractivity contribution in [2.75, 3.05) is 23.8 Å². The zero-order chi connectivity index (χ0) is 13.7. The van der Waals surface area contributed by atoms with Crippen LogP contribution in [0.15, 0.2) is 4.52 Å². The van der Waals surface area contributed by atoms with Gasteiger partial charge in [-0.15, -0.1) is 11.8 Å². The van der Waals surface area contributed by atoms with Crippen molar-refractivity contribution in [1.82, 2.24) is 15.5 Å². The molecule has 19 heavy (non-hydrogen) atoms. The first-order valence-corrected chi connectivity index (χ1v) is 9.19. The normalized spacial score (nSPS) is 23.2. The van der Waals surface area contributed by atoms with Crippen molar-refractivity contribution in [1.29, 1.82) is 0 Å². The number of hydrogen-bond acceptors (Lipinski definition) is 6. The van der Waals surface area contributed by atoms with E-state index < -0.39 is 0 Å². The van der Waals surface area contributed by atoms with E-state index in [9.17, 15) is 0 Å². The highest BCUT2D eigenvalue weighted by Crippen LogP contribution is 2.35. The first-order chi connectivity index (χ1) is 9.22. The number of nitrogens with zero attached hydrogens (tertiary/aromatic N) is 2. The van der Waals surface area contributed by atoms with Gasteiger partial charge in [0.2, 0.25) is 5.89 Å². The lowest BCUT2D eigenvalue weighted by Crippen LogP contribution is -2.31. The Balaban J connectivity index is 1.95. The van der Waals surface area contributed by atoms with Crippen LogP contribution in [0.4, 0.5) is 0 Å². The molecule has 1 aliphatic heterocycles. The van der Waals surface area contributed by atoms with Gasteiger partial charge in [-0.1, -0.05) is 19.0 Å². The molecular weight excluding hydrogens is 278 g/mol. The SMILES string of the molecule is CCCNC(C)C(C)c1nc(C2CSCCS2)no1. The summed E-state index contributed by atoms with van der Waals surface area (Å²) in [6.45, 7) is 7.53. The van der Waals surface area contributed by atoms with Crippen molar-refractivity contribution in [3.63, 3.8) is 0 Å². The monoisotopic (exact) mass is 301 g/mol. The highest BCUT2D eigenvalue weighted by atomic mass is 32.2. The molecule has 0 radical (unpaired) electrons. The Labute approximate surface area is 123 Å². The smallest absolute Gasteiger partial charge is 0.231 e. The first kappa shape index (κ1) is 15.2. The number of nitrogens with one attached hydrogen (secondary N) is 1. The van der Waals surface area contributed by atoms with Gasteiger partial charge in [0.15, 0.2) is 5.82 Å². The Hall–Kier alpha value is -0.200. The van der Waals surface area contributed by atoms with Crippen LogP contribution in [0, 0.1) is 0 Å². The maximum absolute atomic E-state index is 5.46. The van der Waals surface area contributed by atoms with E-state index in [1.54, 1.807) is 0 Å². The van der Waals surface area contributed by atoms with Crippen LogP contribution in [0.1, 0.15) is 50.1 Å². The lowest BCUT2D eigenvalue weighted by atomic mass is 10.0. The number of aromatic nitrogens is 2. The summed E-state index contributed by atoms with van der Waals surface area (Å²) in [5.74, 6) is 5.42. The average Bonchev–Trinajstić information content (AvgIpc) is 2.94. The quantitative estimate of drug-likeness (QED) is 0.871. The van der Waals surface area contributed by atoms with Gasteiger partial charge < -0.3 is 9.84 Å². The first-order valence-electron chi connectivity index (χ1n) is 6.98. The van der Waals surface area contributed by atoms with Gasteiger partial charge >= 0.3 is 0 Å². The zero-order valence-corrected chi connectivity index (χ0v) is 13.5. The highest BCUT2D eigenvalue weighted by Gasteiger charge is 2.25. The molecule has 0 bridgehead atoms. The van der Waals surface area contributed by atoms with E-state index in [1.807, 2.05) is 23.5 Å². The minimum atomic E-state index is 0.258. The van der Waals surface area contributed by atoms with Crippen LogP contribution in [0.25, 0.3) is 0 Å². The van der Waals surface area contributed by atoms with Gasteiger partial charge in [0.25, 0.3) is 0 Å². The molecule has 0 aromatic carbocycles. The molecule has 3 atom stereocenters. The van der Waals surface area contributed by atoms with Crippen molar-refractivity contribution < 1.29 is 4.52 Å². The summed E-state index contributed by atoms with van der Waals surface area (Å²) in [4.78, 5) is 4.61. The molecule has 2 heterocycles. The fourth-order valence-corrected chi connectivity index (χ4v) is 4.55. The van der Waals surface area contributed by atoms with Crippen LogP contribution < -0.4 is 5.32 Å². The summed E-state index contributed by atoms with van der Waals surface area (Å²) >= 11 is 3.92. The lowest BCUT2D eigenvalue weighted by Gasteiger charge is -2.18. The molecule has 0 saturated carbocycles. The van der Waals surface area contributed by atoms with Crippen molar-refractivity contribution in [3.05, 3.63) is 11.7 Å². The third-order valence-electron chi connectivity index (χ3n) is 3.42. The molecule has 1 N–H and O–H groups in total. The summed E-state index contributed by atoms with van der Waals surface area (Å²) in [6, 6.07) is 0.363. The van der Waals surface area contributed by atoms with E-state index in [0.717, 1.165) is 30.4 Å². The fraction of sp³-hybridized carbons (Fsp3) is 0.846. The largest absolute Gasteiger partial charge is 0.339 e. The maximum Gasteiger partial charge on any atom is 0.231 e. The minimum Gasteiger partial charge on any atom is -0.339 e. The third kappa shape index (κ3) is 4.13. The highest BCUT2D eigenvalue weighted by molar-refractivity contribution is 8.06. The molecule has 0 amide bonds. The summed E-state index contributed by atoms with van der Waals surface area (Å²) in [6.07, 6.45) is 1.14. The fourth-order valence-electron chi connectivity index (χ4n) is 1.96. The molecule has 1 aliphatic rings. The second-order valence-corrected chi connectivity index (χ2v) is 7.42. The molecule has 4 nitrogen and oxygen atoms in total. The summed E-state index contributed by atoms with van der Waals surface area (Å²) in [5, 5.41) is 8.06. The summed E-state index contributed by atoms with van der Waals surface area (Å²) in [5.41, 5.74) is 0. The summed E-state index contributed by atoms with van der Waals surface area (Å²) in [7, 11) is 0. The van der Waals surface area contributed by atoms with E-state index >= 15 is 0 Å². The minimum absolute atomic E-state index is 0.258. The lowest BCUT2D eigenvalue weighted by molar-refractivity contribution is 0.328. The van der Waals surface area contributed by atoms with E-state index in [0.29, 0.717) is 11.3 Å². The van der Waals surface area contributed by atoms with Crippen LogP contribution in [0.3, 0.4) is 0 Å². The van der Waals surface area contributed by atoms with Crippen molar-refractivity contribution in [2.45, 2.75) is 44.4 Å². The third-order valence-corrected chi connectivity index (χ3v) is 6.17. The number of rotatable bonds is 6. The second-order valence-electron chi connectivity index (χ2n) is 4.96. The van der Waals surface area contributed by atoms with Crippen LogP contribution in [-0.2, 0) is 0 Å².